The molecule has 4 aromatic carbocycles. The maximum absolute atomic E-state index is 4.09. The Morgan fingerprint density at radius 2 is 0.872 bits per heavy atom. The summed E-state index contributed by atoms with van der Waals surface area (Å²) < 4.78 is 0. The molecule has 0 heterocycles. The van der Waals surface area contributed by atoms with Crippen molar-refractivity contribution in [3.8, 4) is 0 Å². The minimum Gasteiger partial charge on any atom is -0.0911 e. The van der Waals surface area contributed by atoms with Gasteiger partial charge in [-0.05, 0) is 56.2 Å². The Bertz CT molecular complexity index is 1370. The SMILES string of the molecule is C=C1C=C(c2ccccc2)c2ccccc21.CC.CC.CC.CC1(C)C=C(c2ccccc2)c2ccccc21. The van der Waals surface area contributed by atoms with Crippen molar-refractivity contribution < 1.29 is 0 Å². The molecule has 0 unspecified atom stereocenters. The molecular formula is C39H46. The second kappa shape index (κ2) is 15.5. The zero-order valence-corrected chi connectivity index (χ0v) is 25.3. The van der Waals surface area contributed by atoms with Crippen molar-refractivity contribution in [3.63, 3.8) is 0 Å². The van der Waals surface area contributed by atoms with Gasteiger partial charge in [-0.3, -0.25) is 0 Å². The first-order valence-corrected chi connectivity index (χ1v) is 14.5. The molecule has 0 bridgehead atoms. The van der Waals surface area contributed by atoms with Gasteiger partial charge in [-0.25, -0.2) is 0 Å². The van der Waals surface area contributed by atoms with Crippen LogP contribution in [-0.4, -0.2) is 0 Å². The lowest BCUT2D eigenvalue weighted by atomic mass is 9.87. The number of hydrogen-bond donors (Lipinski definition) is 0. The summed E-state index contributed by atoms with van der Waals surface area (Å²) in [5.41, 5.74) is 11.8. The van der Waals surface area contributed by atoms with E-state index in [-0.39, 0.29) is 5.41 Å². The number of rotatable bonds is 2. The lowest BCUT2D eigenvalue weighted by molar-refractivity contribution is 0.683. The van der Waals surface area contributed by atoms with Gasteiger partial charge in [0.15, 0.2) is 0 Å². The molecule has 0 N–H and O–H groups in total. The maximum Gasteiger partial charge on any atom is 0.00908 e. The summed E-state index contributed by atoms with van der Waals surface area (Å²) in [5, 5.41) is 0. The molecule has 0 aromatic heterocycles. The fourth-order valence-electron chi connectivity index (χ4n) is 4.84. The van der Waals surface area contributed by atoms with Crippen molar-refractivity contribution in [2.75, 3.05) is 0 Å². The van der Waals surface area contributed by atoms with Crippen molar-refractivity contribution >= 4 is 16.7 Å². The van der Waals surface area contributed by atoms with Crippen LogP contribution < -0.4 is 0 Å². The highest BCUT2D eigenvalue weighted by Crippen LogP contribution is 2.42. The van der Waals surface area contributed by atoms with Gasteiger partial charge >= 0.3 is 0 Å². The van der Waals surface area contributed by atoms with Crippen molar-refractivity contribution in [3.05, 3.63) is 161 Å². The van der Waals surface area contributed by atoms with Gasteiger partial charge in [0, 0.05) is 5.41 Å². The van der Waals surface area contributed by atoms with Crippen LogP contribution in [0.2, 0.25) is 0 Å². The van der Waals surface area contributed by atoms with Gasteiger partial charge in [0.2, 0.25) is 0 Å². The molecule has 2 aliphatic rings. The van der Waals surface area contributed by atoms with Crippen LogP contribution in [0.25, 0.3) is 16.7 Å². The standard InChI is InChI=1S/C17H16.C16H12.3C2H6/c1-17(2)12-15(13-8-4-3-5-9-13)14-10-6-7-11-16(14)17;1-12-11-16(13-7-3-2-4-8-13)15-10-6-5-9-14(12)15;3*1-2/h3-12H,1-2H3;2-11H,1H2;3*1-2H3. The van der Waals surface area contributed by atoms with Gasteiger partial charge in [-0.1, -0.05) is 177 Å². The quantitative estimate of drug-likeness (QED) is 0.249. The van der Waals surface area contributed by atoms with E-state index >= 15 is 0 Å². The highest BCUT2D eigenvalue weighted by Gasteiger charge is 2.29. The van der Waals surface area contributed by atoms with E-state index in [4.69, 9.17) is 0 Å². The van der Waals surface area contributed by atoms with E-state index in [1.54, 1.807) is 0 Å². The molecule has 2 aliphatic carbocycles. The van der Waals surface area contributed by atoms with Crippen LogP contribution in [0, 0.1) is 0 Å². The fraction of sp³-hybridized carbons (Fsp3) is 0.231. The minimum atomic E-state index is 0.141. The largest absolute Gasteiger partial charge is 0.0911 e. The summed E-state index contributed by atoms with van der Waals surface area (Å²) in [4.78, 5) is 0. The van der Waals surface area contributed by atoms with E-state index in [2.05, 4.69) is 136 Å². The highest BCUT2D eigenvalue weighted by molar-refractivity contribution is 6.00. The number of fused-ring (bicyclic) bond motifs is 2. The highest BCUT2D eigenvalue weighted by atomic mass is 14.3. The average Bonchev–Trinajstić information content (AvgIpc) is 3.51. The molecule has 39 heavy (non-hydrogen) atoms. The molecule has 0 heteroatoms. The van der Waals surface area contributed by atoms with Crippen molar-refractivity contribution in [2.24, 2.45) is 0 Å². The number of benzene rings is 4. The van der Waals surface area contributed by atoms with E-state index in [0.29, 0.717) is 0 Å². The van der Waals surface area contributed by atoms with Crippen molar-refractivity contribution in [1.29, 1.82) is 0 Å². The summed E-state index contributed by atoms with van der Waals surface area (Å²) in [7, 11) is 0. The summed E-state index contributed by atoms with van der Waals surface area (Å²) in [5.74, 6) is 0. The molecule has 0 atom stereocenters. The normalized spacial score (nSPS) is 13.2. The maximum atomic E-state index is 4.09. The Balaban J connectivity index is 0.000000230. The van der Waals surface area contributed by atoms with Gasteiger partial charge in [-0.2, -0.15) is 0 Å². The Labute approximate surface area is 238 Å². The minimum absolute atomic E-state index is 0.141. The third-order valence-corrected chi connectivity index (χ3v) is 6.47. The zero-order chi connectivity index (χ0) is 28.8. The third kappa shape index (κ3) is 7.36. The molecule has 0 aliphatic heterocycles. The molecule has 0 radical (unpaired) electrons. The van der Waals surface area contributed by atoms with Gasteiger partial charge in [0.25, 0.3) is 0 Å². The Morgan fingerprint density at radius 1 is 0.462 bits per heavy atom. The average molecular weight is 515 g/mol. The summed E-state index contributed by atoms with van der Waals surface area (Å²) in [6.07, 6.45) is 4.55. The molecule has 0 fully saturated rings. The second-order valence-corrected chi connectivity index (χ2v) is 9.19. The molecule has 4 aromatic rings. The topological polar surface area (TPSA) is 0 Å². The van der Waals surface area contributed by atoms with Crippen LogP contribution in [0.4, 0.5) is 0 Å². The first kappa shape index (κ1) is 31.3. The molecule has 202 valence electrons. The Kier molecular flexibility index (Phi) is 12.4. The van der Waals surface area contributed by atoms with E-state index in [1.807, 2.05) is 47.6 Å². The predicted octanol–water partition coefficient (Wildman–Crippen LogP) is 11.6. The molecule has 0 saturated carbocycles. The van der Waals surface area contributed by atoms with Crippen molar-refractivity contribution in [2.45, 2.75) is 60.8 Å². The van der Waals surface area contributed by atoms with E-state index in [9.17, 15) is 0 Å². The molecule has 0 saturated heterocycles. The van der Waals surface area contributed by atoms with Crippen LogP contribution in [0.3, 0.4) is 0 Å². The van der Waals surface area contributed by atoms with Gasteiger partial charge in [0.1, 0.15) is 0 Å². The van der Waals surface area contributed by atoms with Gasteiger partial charge < -0.3 is 0 Å². The van der Waals surface area contributed by atoms with Crippen molar-refractivity contribution in [1.82, 2.24) is 0 Å². The van der Waals surface area contributed by atoms with Gasteiger partial charge in [0.05, 0.1) is 0 Å². The molecular weight excluding hydrogens is 468 g/mol. The van der Waals surface area contributed by atoms with Gasteiger partial charge in [-0.15, -0.1) is 0 Å². The zero-order valence-electron chi connectivity index (χ0n) is 25.3. The van der Waals surface area contributed by atoms with Crippen LogP contribution in [0.15, 0.2) is 128 Å². The lowest BCUT2D eigenvalue weighted by Gasteiger charge is -2.16. The fourth-order valence-corrected chi connectivity index (χ4v) is 4.84. The Hall–Kier alpha value is -3.90. The van der Waals surface area contributed by atoms with E-state index in [0.717, 1.165) is 5.57 Å². The third-order valence-electron chi connectivity index (χ3n) is 6.47. The van der Waals surface area contributed by atoms with Crippen LogP contribution >= 0.6 is 0 Å². The van der Waals surface area contributed by atoms with Crippen LogP contribution in [-0.2, 0) is 5.41 Å². The monoisotopic (exact) mass is 514 g/mol. The molecule has 0 nitrogen and oxygen atoms in total. The van der Waals surface area contributed by atoms with Crippen LogP contribution in [0.5, 0.6) is 0 Å². The summed E-state index contributed by atoms with van der Waals surface area (Å²) in [6.45, 7) is 20.7. The number of hydrogen-bond acceptors (Lipinski definition) is 0. The van der Waals surface area contributed by atoms with Crippen LogP contribution in [0.1, 0.15) is 88.8 Å². The first-order chi connectivity index (χ1) is 19.0. The summed E-state index contributed by atoms with van der Waals surface area (Å²) in [6, 6.07) is 38.2. The molecule has 6 rings (SSSR count). The lowest BCUT2D eigenvalue weighted by Crippen LogP contribution is -2.10. The van der Waals surface area contributed by atoms with E-state index in [1.165, 1.54) is 44.5 Å². The summed E-state index contributed by atoms with van der Waals surface area (Å²) >= 11 is 0. The predicted molar refractivity (Wildman–Crippen MR) is 176 cm³/mol. The second-order valence-electron chi connectivity index (χ2n) is 9.19. The smallest absolute Gasteiger partial charge is 0.00908 e. The Morgan fingerprint density at radius 3 is 1.41 bits per heavy atom. The number of allylic oxidation sites excluding steroid dienone is 3. The molecule has 0 amide bonds. The van der Waals surface area contributed by atoms with E-state index < -0.39 is 0 Å². The first-order valence-electron chi connectivity index (χ1n) is 14.5. The molecule has 0 spiro atoms.